The molecule has 1 spiro atoms. The van der Waals surface area contributed by atoms with Crippen LogP contribution in [0.3, 0.4) is 0 Å². The Kier molecular flexibility index (Phi) is 4.43. The SMILES string of the molecule is O=C1C=CC2(C=C1)C1(Cl)C3CCC1C1CCC3C12c1ccc(N(c2ccccc2)c2ccccc2)cc1. The van der Waals surface area contributed by atoms with Gasteiger partial charge in [-0.2, -0.15) is 0 Å². The zero-order valence-electron chi connectivity index (χ0n) is 20.8. The third kappa shape index (κ3) is 2.46. The molecular formula is C34H30ClNO. The fourth-order valence-electron chi connectivity index (χ4n) is 9.94. The molecule has 184 valence electrons. The topological polar surface area (TPSA) is 20.3 Å². The Balaban J connectivity index is 1.29. The first-order chi connectivity index (χ1) is 18.1. The Morgan fingerprint density at radius 3 is 1.59 bits per heavy atom. The van der Waals surface area contributed by atoms with Gasteiger partial charge in [0.2, 0.25) is 0 Å². The third-order valence-corrected chi connectivity index (χ3v) is 11.6. The van der Waals surface area contributed by atoms with Crippen LogP contribution in [0.4, 0.5) is 17.1 Å². The second-order valence-corrected chi connectivity index (χ2v) is 12.3. The van der Waals surface area contributed by atoms with E-state index in [-0.39, 0.29) is 21.5 Å². The van der Waals surface area contributed by atoms with Gasteiger partial charge in [-0.15, -0.1) is 11.6 Å². The number of benzene rings is 3. The van der Waals surface area contributed by atoms with Crippen molar-refractivity contribution in [2.45, 2.75) is 36.0 Å². The minimum atomic E-state index is -0.285. The number of halogens is 1. The highest BCUT2D eigenvalue weighted by molar-refractivity contribution is 6.27. The van der Waals surface area contributed by atoms with Gasteiger partial charge in [0.25, 0.3) is 0 Å². The monoisotopic (exact) mass is 503 g/mol. The van der Waals surface area contributed by atoms with E-state index in [4.69, 9.17) is 11.6 Å². The van der Waals surface area contributed by atoms with E-state index >= 15 is 0 Å². The van der Waals surface area contributed by atoms with Gasteiger partial charge in [0, 0.05) is 27.9 Å². The maximum Gasteiger partial charge on any atom is 0.178 e. The predicted molar refractivity (Wildman–Crippen MR) is 150 cm³/mol. The summed E-state index contributed by atoms with van der Waals surface area (Å²) >= 11 is 7.83. The molecule has 0 saturated heterocycles. The average Bonchev–Trinajstić information content (AvgIpc) is 3.50. The van der Waals surface area contributed by atoms with E-state index in [0.29, 0.717) is 23.7 Å². The molecule has 3 aromatic carbocycles. The van der Waals surface area contributed by atoms with E-state index in [1.165, 1.54) is 31.2 Å². The number of anilines is 3. The summed E-state index contributed by atoms with van der Waals surface area (Å²) in [4.78, 5) is 14.4. The number of carbonyl (C=O) groups is 1. The van der Waals surface area contributed by atoms with E-state index in [1.807, 2.05) is 12.2 Å². The summed E-state index contributed by atoms with van der Waals surface area (Å²) in [6.45, 7) is 0. The zero-order chi connectivity index (χ0) is 24.8. The van der Waals surface area contributed by atoms with Crippen molar-refractivity contribution in [2.75, 3.05) is 4.90 Å². The second kappa shape index (κ2) is 7.48. The minimum Gasteiger partial charge on any atom is -0.311 e. The van der Waals surface area contributed by atoms with Crippen LogP contribution in [-0.4, -0.2) is 10.7 Å². The molecule has 0 aliphatic heterocycles. The van der Waals surface area contributed by atoms with Gasteiger partial charge in [-0.1, -0.05) is 60.7 Å². The lowest BCUT2D eigenvalue weighted by atomic mass is 9.57. The van der Waals surface area contributed by atoms with E-state index < -0.39 is 0 Å². The van der Waals surface area contributed by atoms with Crippen LogP contribution in [0.5, 0.6) is 0 Å². The van der Waals surface area contributed by atoms with Crippen molar-refractivity contribution < 1.29 is 4.79 Å². The molecule has 3 heteroatoms. The molecule has 0 radical (unpaired) electrons. The molecule has 0 aromatic heterocycles. The molecular weight excluding hydrogens is 474 g/mol. The number of hydrogen-bond acceptors (Lipinski definition) is 2. The molecule has 4 fully saturated rings. The summed E-state index contributed by atoms with van der Waals surface area (Å²) < 4.78 is 0. The van der Waals surface area contributed by atoms with Crippen LogP contribution in [0.2, 0.25) is 0 Å². The number of carbonyl (C=O) groups excluding carboxylic acids is 1. The number of fused-ring (bicyclic) bond motifs is 2. The number of alkyl halides is 1. The highest BCUT2D eigenvalue weighted by atomic mass is 35.5. The van der Waals surface area contributed by atoms with Crippen molar-refractivity contribution in [3.63, 3.8) is 0 Å². The number of ketones is 1. The lowest BCUT2D eigenvalue weighted by Crippen LogP contribution is -2.45. The molecule has 4 unspecified atom stereocenters. The average molecular weight is 504 g/mol. The standard InChI is InChI=1S/C34H30ClNO/c35-34-30-17-18-31(34)29-16-15-28(30)33(29,32(34)21-19-27(37)20-22-32)23-11-13-26(14-12-23)36(24-7-3-1-4-8-24)25-9-5-2-6-10-25/h1-14,19-22,28-31H,15-18H2. The Bertz CT molecular complexity index is 1360. The molecule has 5 aliphatic carbocycles. The Morgan fingerprint density at radius 1 is 0.622 bits per heavy atom. The predicted octanol–water partition coefficient (Wildman–Crippen LogP) is 8.13. The molecule has 8 rings (SSSR count). The molecule has 2 bridgehead atoms. The van der Waals surface area contributed by atoms with Crippen LogP contribution in [-0.2, 0) is 10.2 Å². The van der Waals surface area contributed by atoms with Gasteiger partial charge in [0.1, 0.15) is 0 Å². The first-order valence-electron chi connectivity index (χ1n) is 13.7. The highest BCUT2D eigenvalue weighted by Gasteiger charge is 2.87. The van der Waals surface area contributed by atoms with Gasteiger partial charge in [-0.3, -0.25) is 4.79 Å². The molecule has 3 aromatic rings. The van der Waals surface area contributed by atoms with Gasteiger partial charge >= 0.3 is 0 Å². The van der Waals surface area contributed by atoms with Crippen LogP contribution >= 0.6 is 11.6 Å². The second-order valence-electron chi connectivity index (χ2n) is 11.7. The molecule has 4 atom stereocenters. The van der Waals surface area contributed by atoms with Crippen LogP contribution < -0.4 is 4.90 Å². The van der Waals surface area contributed by atoms with Crippen molar-refractivity contribution in [3.05, 3.63) is 115 Å². The number of para-hydroxylation sites is 2. The summed E-state index contributed by atoms with van der Waals surface area (Å²) in [7, 11) is 0. The van der Waals surface area contributed by atoms with Gasteiger partial charge < -0.3 is 4.90 Å². The quantitative estimate of drug-likeness (QED) is 0.335. The van der Waals surface area contributed by atoms with Crippen LogP contribution in [0.15, 0.2) is 109 Å². The van der Waals surface area contributed by atoms with Gasteiger partial charge in [0.15, 0.2) is 5.78 Å². The first kappa shape index (κ1) is 21.9. The van der Waals surface area contributed by atoms with E-state index in [1.54, 1.807) is 0 Å². The Labute approximate surface area is 223 Å². The molecule has 2 nitrogen and oxygen atoms in total. The summed E-state index contributed by atoms with van der Waals surface area (Å²) in [6, 6.07) is 30.5. The van der Waals surface area contributed by atoms with Crippen molar-refractivity contribution >= 4 is 34.4 Å². The molecule has 0 amide bonds. The van der Waals surface area contributed by atoms with Crippen LogP contribution in [0.25, 0.3) is 0 Å². The van der Waals surface area contributed by atoms with Crippen molar-refractivity contribution in [1.82, 2.24) is 0 Å². The van der Waals surface area contributed by atoms with Crippen LogP contribution in [0, 0.1) is 29.1 Å². The minimum absolute atomic E-state index is 0.0306. The smallest absolute Gasteiger partial charge is 0.178 e. The maximum absolute atomic E-state index is 12.3. The zero-order valence-corrected chi connectivity index (χ0v) is 21.5. The Hall–Kier alpha value is -3.10. The molecule has 37 heavy (non-hydrogen) atoms. The number of allylic oxidation sites excluding steroid dienone is 4. The third-order valence-electron chi connectivity index (χ3n) is 10.8. The normalized spacial score (nSPS) is 35.5. The lowest BCUT2D eigenvalue weighted by Gasteiger charge is -2.45. The fourth-order valence-corrected chi connectivity index (χ4v) is 10.7. The highest BCUT2D eigenvalue weighted by Crippen LogP contribution is 2.87. The van der Waals surface area contributed by atoms with Crippen molar-refractivity contribution in [3.8, 4) is 0 Å². The molecule has 0 heterocycles. The molecule has 4 saturated carbocycles. The van der Waals surface area contributed by atoms with E-state index in [9.17, 15) is 4.79 Å². The molecule has 5 aliphatic rings. The van der Waals surface area contributed by atoms with Crippen molar-refractivity contribution in [2.24, 2.45) is 29.1 Å². The largest absolute Gasteiger partial charge is 0.311 e. The number of rotatable bonds is 4. The van der Waals surface area contributed by atoms with Gasteiger partial charge in [-0.25, -0.2) is 0 Å². The van der Waals surface area contributed by atoms with Crippen LogP contribution in [0.1, 0.15) is 31.2 Å². The number of nitrogens with zero attached hydrogens (tertiary/aromatic N) is 1. The summed E-state index contributed by atoms with van der Waals surface area (Å²) in [5.74, 6) is 2.27. The van der Waals surface area contributed by atoms with E-state index in [2.05, 4.69) is 102 Å². The van der Waals surface area contributed by atoms with Crippen molar-refractivity contribution in [1.29, 1.82) is 0 Å². The lowest BCUT2D eigenvalue weighted by molar-refractivity contribution is -0.110. The number of hydrogen-bond donors (Lipinski definition) is 0. The summed E-state index contributed by atoms with van der Waals surface area (Å²) in [5, 5.41) is 0. The molecule has 0 N–H and O–H groups in total. The first-order valence-corrected chi connectivity index (χ1v) is 14.1. The summed E-state index contributed by atoms with van der Waals surface area (Å²) in [6.07, 6.45) is 13.0. The van der Waals surface area contributed by atoms with Gasteiger partial charge in [-0.05, 0) is 103 Å². The summed E-state index contributed by atoms with van der Waals surface area (Å²) in [5.41, 5.74) is 4.54. The Morgan fingerprint density at radius 2 is 1.08 bits per heavy atom. The van der Waals surface area contributed by atoms with E-state index in [0.717, 1.165) is 17.1 Å². The maximum atomic E-state index is 12.3. The fraction of sp³-hybridized carbons (Fsp3) is 0.324. The van der Waals surface area contributed by atoms with Gasteiger partial charge in [0.05, 0.1) is 4.87 Å².